The van der Waals surface area contributed by atoms with Crippen LogP contribution < -0.4 is 5.32 Å². The highest BCUT2D eigenvalue weighted by Crippen LogP contribution is 2.17. The van der Waals surface area contributed by atoms with E-state index in [0.29, 0.717) is 18.4 Å². The first-order chi connectivity index (χ1) is 12.3. The molecule has 2 fully saturated rings. The Labute approximate surface area is 151 Å². The first-order valence-electron chi connectivity index (χ1n) is 9.41. The van der Waals surface area contributed by atoms with E-state index in [0.717, 1.165) is 39.5 Å². The molecule has 2 heterocycles. The molecule has 1 aromatic carbocycles. The molecule has 0 aromatic heterocycles. The van der Waals surface area contributed by atoms with Crippen LogP contribution in [0.5, 0.6) is 0 Å². The van der Waals surface area contributed by atoms with E-state index in [9.17, 15) is 0 Å². The van der Waals surface area contributed by atoms with E-state index < -0.39 is 0 Å². The summed E-state index contributed by atoms with van der Waals surface area (Å²) in [4.78, 5) is 5.07. The van der Waals surface area contributed by atoms with Crippen molar-refractivity contribution in [2.45, 2.75) is 19.4 Å². The highest BCUT2D eigenvalue weighted by molar-refractivity contribution is 5.13. The summed E-state index contributed by atoms with van der Waals surface area (Å²) in [6, 6.07) is 10.2. The number of ether oxygens (including phenoxy) is 2. The minimum Gasteiger partial charge on any atom is -0.475 e. The first-order valence-corrected chi connectivity index (χ1v) is 9.41. The topological polar surface area (TPSA) is 37.0 Å². The predicted octanol–water partition coefficient (Wildman–Crippen LogP) is 2.27. The molecule has 5 nitrogen and oxygen atoms in total. The fourth-order valence-corrected chi connectivity index (χ4v) is 3.41. The van der Waals surface area contributed by atoms with Crippen LogP contribution >= 0.6 is 0 Å². The van der Waals surface area contributed by atoms with Gasteiger partial charge in [0, 0.05) is 19.6 Å². The Balaban J connectivity index is 1.27. The number of nitrogens with one attached hydrogen (secondary N) is 1. The molecule has 0 unspecified atom stereocenters. The van der Waals surface area contributed by atoms with Crippen molar-refractivity contribution >= 4 is 0 Å². The zero-order valence-corrected chi connectivity index (χ0v) is 15.2. The monoisotopic (exact) mass is 345 g/mol. The lowest BCUT2D eigenvalue weighted by atomic mass is 9.97. The summed E-state index contributed by atoms with van der Waals surface area (Å²) in [7, 11) is 0. The summed E-state index contributed by atoms with van der Waals surface area (Å²) in [6.07, 6.45) is 2.48. The van der Waals surface area contributed by atoms with E-state index in [2.05, 4.69) is 33.8 Å². The fraction of sp³-hybridized carbons (Fsp3) is 0.600. The standard InChI is InChI=1S/C20H31N3O2/c1-18(25-16-20-5-3-2-4-6-20)21-15-19-7-9-22(10-8-19)17-23-11-13-24-14-12-23/h2-6,19,21H,1,7-17H2. The summed E-state index contributed by atoms with van der Waals surface area (Å²) in [5, 5.41) is 3.36. The van der Waals surface area contributed by atoms with E-state index in [1.54, 1.807) is 0 Å². The molecule has 3 rings (SSSR count). The molecule has 2 aliphatic rings. The lowest BCUT2D eigenvalue weighted by molar-refractivity contribution is 0.00283. The summed E-state index contributed by atoms with van der Waals surface area (Å²) in [5.74, 6) is 1.39. The maximum absolute atomic E-state index is 5.71. The van der Waals surface area contributed by atoms with Crippen LogP contribution in [0.25, 0.3) is 0 Å². The van der Waals surface area contributed by atoms with Gasteiger partial charge in [-0.1, -0.05) is 30.3 Å². The molecule has 0 bridgehead atoms. The third kappa shape index (κ3) is 6.34. The van der Waals surface area contributed by atoms with Crippen LogP contribution in [0.15, 0.2) is 42.8 Å². The van der Waals surface area contributed by atoms with Crippen molar-refractivity contribution in [2.75, 3.05) is 52.6 Å². The molecule has 2 aliphatic heterocycles. The normalized spacial score (nSPS) is 20.3. The molecule has 138 valence electrons. The average Bonchev–Trinajstić information content (AvgIpc) is 2.67. The molecule has 25 heavy (non-hydrogen) atoms. The van der Waals surface area contributed by atoms with Gasteiger partial charge in [0.1, 0.15) is 6.61 Å². The fourth-order valence-electron chi connectivity index (χ4n) is 3.41. The zero-order valence-electron chi connectivity index (χ0n) is 15.2. The summed E-state index contributed by atoms with van der Waals surface area (Å²) >= 11 is 0. The van der Waals surface area contributed by atoms with E-state index >= 15 is 0 Å². The Morgan fingerprint density at radius 2 is 1.76 bits per heavy atom. The molecule has 0 amide bonds. The number of hydrogen-bond acceptors (Lipinski definition) is 5. The van der Waals surface area contributed by atoms with Crippen molar-refractivity contribution in [1.82, 2.24) is 15.1 Å². The average molecular weight is 345 g/mol. The molecule has 0 saturated carbocycles. The Morgan fingerprint density at radius 3 is 2.48 bits per heavy atom. The minimum absolute atomic E-state index is 0.574. The molecule has 0 atom stereocenters. The van der Waals surface area contributed by atoms with Gasteiger partial charge in [0.05, 0.1) is 19.9 Å². The smallest absolute Gasteiger partial charge is 0.179 e. The second kappa shape index (κ2) is 9.80. The summed E-state index contributed by atoms with van der Waals surface area (Å²) < 4.78 is 11.1. The number of morpholine rings is 1. The minimum atomic E-state index is 0.574. The number of hydrogen-bond donors (Lipinski definition) is 1. The van der Waals surface area contributed by atoms with Gasteiger partial charge in [-0.25, -0.2) is 0 Å². The van der Waals surface area contributed by atoms with Crippen molar-refractivity contribution in [2.24, 2.45) is 5.92 Å². The van der Waals surface area contributed by atoms with Gasteiger partial charge in [-0.05, 0) is 44.0 Å². The molecule has 0 aliphatic carbocycles. The second-order valence-electron chi connectivity index (χ2n) is 7.01. The van der Waals surface area contributed by atoms with Crippen molar-refractivity contribution in [3.63, 3.8) is 0 Å². The van der Waals surface area contributed by atoms with Gasteiger partial charge in [-0.15, -0.1) is 0 Å². The van der Waals surface area contributed by atoms with Gasteiger partial charge >= 0.3 is 0 Å². The Bertz CT molecular complexity index is 509. The van der Waals surface area contributed by atoms with E-state index in [1.165, 1.54) is 31.5 Å². The third-order valence-electron chi connectivity index (χ3n) is 5.05. The lowest BCUT2D eigenvalue weighted by Crippen LogP contribution is -2.47. The van der Waals surface area contributed by atoms with E-state index in [1.807, 2.05) is 18.2 Å². The number of piperidine rings is 1. The quantitative estimate of drug-likeness (QED) is 0.732. The van der Waals surface area contributed by atoms with Gasteiger partial charge in [0.15, 0.2) is 5.88 Å². The van der Waals surface area contributed by atoms with Crippen molar-refractivity contribution < 1.29 is 9.47 Å². The van der Waals surface area contributed by atoms with Crippen molar-refractivity contribution in [3.8, 4) is 0 Å². The molecule has 1 aromatic rings. The highest BCUT2D eigenvalue weighted by atomic mass is 16.5. The van der Waals surface area contributed by atoms with Gasteiger partial charge in [0.25, 0.3) is 0 Å². The van der Waals surface area contributed by atoms with Crippen LogP contribution in [0.2, 0.25) is 0 Å². The highest BCUT2D eigenvalue weighted by Gasteiger charge is 2.21. The first kappa shape index (κ1) is 18.2. The third-order valence-corrected chi connectivity index (χ3v) is 5.05. The van der Waals surface area contributed by atoms with Gasteiger partial charge in [0.2, 0.25) is 0 Å². The number of nitrogens with zero attached hydrogens (tertiary/aromatic N) is 2. The Kier molecular flexibility index (Phi) is 7.15. The van der Waals surface area contributed by atoms with Crippen LogP contribution in [0.1, 0.15) is 18.4 Å². The van der Waals surface area contributed by atoms with E-state index in [4.69, 9.17) is 9.47 Å². The maximum atomic E-state index is 5.71. The number of rotatable bonds is 8. The number of benzene rings is 1. The van der Waals surface area contributed by atoms with Gasteiger partial charge in [-0.2, -0.15) is 0 Å². The van der Waals surface area contributed by atoms with Crippen molar-refractivity contribution in [3.05, 3.63) is 48.4 Å². The largest absolute Gasteiger partial charge is 0.475 e. The van der Waals surface area contributed by atoms with Crippen LogP contribution in [0.4, 0.5) is 0 Å². The van der Waals surface area contributed by atoms with Crippen LogP contribution in [-0.4, -0.2) is 62.4 Å². The molecule has 0 spiro atoms. The second-order valence-corrected chi connectivity index (χ2v) is 7.01. The van der Waals surface area contributed by atoms with Crippen LogP contribution in [-0.2, 0) is 16.1 Å². The SMILES string of the molecule is C=C(NCC1CCN(CN2CCOCC2)CC1)OCc1ccccc1. The number of likely N-dealkylation sites (tertiary alicyclic amines) is 1. The Hall–Kier alpha value is -1.56. The molecule has 2 saturated heterocycles. The molecule has 5 heteroatoms. The predicted molar refractivity (Wildman–Crippen MR) is 99.9 cm³/mol. The molecular weight excluding hydrogens is 314 g/mol. The van der Waals surface area contributed by atoms with Crippen molar-refractivity contribution in [1.29, 1.82) is 0 Å². The van der Waals surface area contributed by atoms with Crippen LogP contribution in [0, 0.1) is 5.92 Å². The summed E-state index contributed by atoms with van der Waals surface area (Å²) in [5.41, 5.74) is 1.17. The van der Waals surface area contributed by atoms with E-state index in [-0.39, 0.29) is 0 Å². The van der Waals surface area contributed by atoms with Gasteiger partial charge in [-0.3, -0.25) is 9.80 Å². The lowest BCUT2D eigenvalue weighted by Gasteiger charge is -2.37. The van der Waals surface area contributed by atoms with Gasteiger partial charge < -0.3 is 14.8 Å². The molecule has 0 radical (unpaired) electrons. The molecule has 1 N–H and O–H groups in total. The Morgan fingerprint density at radius 1 is 1.08 bits per heavy atom. The summed E-state index contributed by atoms with van der Waals surface area (Å²) in [6.45, 7) is 12.9. The molecular formula is C20H31N3O2. The zero-order chi connectivity index (χ0) is 17.3. The maximum Gasteiger partial charge on any atom is 0.179 e. The van der Waals surface area contributed by atoms with Crippen LogP contribution in [0.3, 0.4) is 0 Å².